The Morgan fingerprint density at radius 1 is 1.28 bits per heavy atom. The molecule has 0 bridgehead atoms. The van der Waals surface area contributed by atoms with Crippen LogP contribution in [-0.4, -0.2) is 36.6 Å². The standard InChI is InChI=1S/C23H33N3O2S/c1-4-28-18-10-11-20-21(13-18)29-23(25-20)26-12-6-8-17(14-26)22(27)24-19-9-5-7-15(2)16(19)3/h10-11,13,15-17,19H,4-9,12,14H2,1-3H3,(H,24,27)/t15-,16+,17+,19-/m1/s1. The first-order valence-corrected chi connectivity index (χ1v) is 12.0. The molecule has 1 saturated carbocycles. The summed E-state index contributed by atoms with van der Waals surface area (Å²) in [6, 6.07) is 6.41. The summed E-state index contributed by atoms with van der Waals surface area (Å²) in [5, 5.41) is 4.41. The van der Waals surface area contributed by atoms with E-state index in [9.17, 15) is 4.79 Å². The minimum absolute atomic E-state index is 0.0548. The lowest BCUT2D eigenvalue weighted by molar-refractivity contribution is -0.126. The minimum Gasteiger partial charge on any atom is -0.494 e. The lowest BCUT2D eigenvalue weighted by Gasteiger charge is -2.37. The van der Waals surface area contributed by atoms with Gasteiger partial charge < -0.3 is 15.0 Å². The number of amides is 1. The predicted molar refractivity (Wildman–Crippen MR) is 120 cm³/mol. The second-order valence-corrected chi connectivity index (χ2v) is 9.74. The Morgan fingerprint density at radius 3 is 2.97 bits per heavy atom. The monoisotopic (exact) mass is 415 g/mol. The molecule has 6 heteroatoms. The van der Waals surface area contributed by atoms with E-state index in [-0.39, 0.29) is 11.8 Å². The molecular weight excluding hydrogens is 382 g/mol. The molecular formula is C23H33N3O2S. The fourth-order valence-electron chi connectivity index (χ4n) is 4.74. The molecule has 5 nitrogen and oxygen atoms in total. The van der Waals surface area contributed by atoms with Gasteiger partial charge in [-0.25, -0.2) is 4.98 Å². The molecule has 0 unspecified atom stereocenters. The third kappa shape index (κ3) is 4.52. The number of nitrogens with zero attached hydrogens (tertiary/aromatic N) is 2. The number of benzene rings is 1. The van der Waals surface area contributed by atoms with E-state index in [1.165, 1.54) is 12.8 Å². The Morgan fingerprint density at radius 2 is 2.14 bits per heavy atom. The number of anilines is 1. The molecule has 2 aromatic rings. The highest BCUT2D eigenvalue weighted by Gasteiger charge is 2.32. The molecule has 4 atom stereocenters. The zero-order valence-electron chi connectivity index (χ0n) is 17.8. The van der Waals surface area contributed by atoms with Crippen molar-refractivity contribution in [3.63, 3.8) is 0 Å². The van der Waals surface area contributed by atoms with Crippen LogP contribution in [0.25, 0.3) is 10.2 Å². The molecule has 1 N–H and O–H groups in total. The van der Waals surface area contributed by atoms with Gasteiger partial charge in [-0.3, -0.25) is 4.79 Å². The van der Waals surface area contributed by atoms with Crippen LogP contribution in [0, 0.1) is 17.8 Å². The number of thiazole rings is 1. The van der Waals surface area contributed by atoms with Gasteiger partial charge >= 0.3 is 0 Å². The van der Waals surface area contributed by atoms with Gasteiger partial charge in [-0.05, 0) is 56.2 Å². The molecule has 1 saturated heterocycles. The lowest BCUT2D eigenvalue weighted by atomic mass is 9.78. The number of hydrogen-bond donors (Lipinski definition) is 1. The predicted octanol–water partition coefficient (Wildman–Crippen LogP) is 4.85. The maximum Gasteiger partial charge on any atom is 0.225 e. The van der Waals surface area contributed by atoms with Crippen LogP contribution in [0.15, 0.2) is 18.2 Å². The van der Waals surface area contributed by atoms with Gasteiger partial charge in [0, 0.05) is 19.1 Å². The Hall–Kier alpha value is -1.82. The van der Waals surface area contributed by atoms with Crippen LogP contribution in [0.1, 0.15) is 52.9 Å². The molecule has 0 radical (unpaired) electrons. The van der Waals surface area contributed by atoms with Crippen molar-refractivity contribution in [3.05, 3.63) is 18.2 Å². The van der Waals surface area contributed by atoms with E-state index >= 15 is 0 Å². The number of carbonyl (C=O) groups excluding carboxylic acids is 1. The average Bonchev–Trinajstić information content (AvgIpc) is 3.15. The van der Waals surface area contributed by atoms with Gasteiger partial charge in [0.1, 0.15) is 5.75 Å². The topological polar surface area (TPSA) is 54.5 Å². The molecule has 4 rings (SSSR count). The number of fused-ring (bicyclic) bond motifs is 1. The second-order valence-electron chi connectivity index (χ2n) is 8.73. The van der Waals surface area contributed by atoms with Gasteiger partial charge in [-0.15, -0.1) is 0 Å². The minimum atomic E-state index is 0.0548. The van der Waals surface area contributed by atoms with Crippen LogP contribution in [0.5, 0.6) is 5.75 Å². The van der Waals surface area contributed by atoms with Gasteiger partial charge in [0.05, 0.1) is 22.7 Å². The van der Waals surface area contributed by atoms with Crippen molar-refractivity contribution in [2.24, 2.45) is 17.8 Å². The van der Waals surface area contributed by atoms with E-state index in [2.05, 4.69) is 30.1 Å². The number of carbonyl (C=O) groups is 1. The van der Waals surface area contributed by atoms with Crippen molar-refractivity contribution in [1.29, 1.82) is 0 Å². The van der Waals surface area contributed by atoms with E-state index in [1.807, 2.05) is 19.1 Å². The zero-order chi connectivity index (χ0) is 20.4. The molecule has 1 amide bonds. The molecule has 2 heterocycles. The van der Waals surface area contributed by atoms with Gasteiger partial charge in [0.15, 0.2) is 5.13 Å². The smallest absolute Gasteiger partial charge is 0.225 e. The van der Waals surface area contributed by atoms with E-state index in [0.29, 0.717) is 24.5 Å². The molecule has 2 fully saturated rings. The Bertz CT molecular complexity index is 852. The van der Waals surface area contributed by atoms with Crippen LogP contribution >= 0.6 is 11.3 Å². The van der Waals surface area contributed by atoms with E-state index in [1.54, 1.807) is 11.3 Å². The van der Waals surface area contributed by atoms with Crippen molar-refractivity contribution in [3.8, 4) is 5.75 Å². The van der Waals surface area contributed by atoms with E-state index in [0.717, 1.165) is 53.4 Å². The summed E-state index contributed by atoms with van der Waals surface area (Å²) in [6.45, 7) is 9.00. The normalized spacial score (nSPS) is 27.8. The number of aromatic nitrogens is 1. The molecule has 1 aliphatic heterocycles. The summed E-state index contributed by atoms with van der Waals surface area (Å²) in [6.07, 6.45) is 5.64. The Balaban J connectivity index is 1.42. The van der Waals surface area contributed by atoms with Gasteiger partial charge in [-0.1, -0.05) is 38.0 Å². The fourth-order valence-corrected chi connectivity index (χ4v) is 5.76. The van der Waals surface area contributed by atoms with Gasteiger partial charge in [0.25, 0.3) is 0 Å². The van der Waals surface area contributed by atoms with Crippen LogP contribution in [0.3, 0.4) is 0 Å². The molecule has 1 aliphatic carbocycles. The van der Waals surface area contributed by atoms with Crippen molar-refractivity contribution >= 4 is 32.6 Å². The first-order valence-electron chi connectivity index (χ1n) is 11.1. The number of ether oxygens (including phenoxy) is 1. The lowest BCUT2D eigenvalue weighted by Crippen LogP contribution is -2.49. The highest BCUT2D eigenvalue weighted by molar-refractivity contribution is 7.22. The third-order valence-corrected chi connectivity index (χ3v) is 7.84. The van der Waals surface area contributed by atoms with Gasteiger partial charge in [0.2, 0.25) is 5.91 Å². The maximum atomic E-state index is 13.0. The number of hydrogen-bond acceptors (Lipinski definition) is 5. The third-order valence-electron chi connectivity index (χ3n) is 6.76. The highest BCUT2D eigenvalue weighted by atomic mass is 32.1. The summed E-state index contributed by atoms with van der Waals surface area (Å²) >= 11 is 1.70. The average molecular weight is 416 g/mol. The molecule has 1 aromatic carbocycles. The van der Waals surface area contributed by atoms with Crippen LogP contribution in [-0.2, 0) is 4.79 Å². The SMILES string of the molecule is CCOc1ccc2nc(N3CCC[C@H](C(=O)N[C@@H]4CCC[C@@H](C)[C@@H]4C)C3)sc2c1. The van der Waals surface area contributed by atoms with Crippen molar-refractivity contribution in [1.82, 2.24) is 10.3 Å². The summed E-state index contributed by atoms with van der Waals surface area (Å²) in [7, 11) is 0. The van der Waals surface area contributed by atoms with Crippen molar-refractivity contribution < 1.29 is 9.53 Å². The molecule has 158 valence electrons. The molecule has 2 aliphatic rings. The quantitative estimate of drug-likeness (QED) is 0.758. The van der Waals surface area contributed by atoms with Crippen molar-refractivity contribution in [2.75, 3.05) is 24.6 Å². The van der Waals surface area contributed by atoms with E-state index < -0.39 is 0 Å². The largest absolute Gasteiger partial charge is 0.494 e. The summed E-state index contributed by atoms with van der Waals surface area (Å²) in [5.41, 5.74) is 1.00. The fraction of sp³-hybridized carbons (Fsp3) is 0.652. The second kappa shape index (κ2) is 8.90. The molecule has 29 heavy (non-hydrogen) atoms. The molecule has 1 aromatic heterocycles. The summed E-state index contributed by atoms with van der Waals surface area (Å²) in [5.74, 6) is 2.44. The molecule has 0 spiro atoms. The maximum absolute atomic E-state index is 13.0. The zero-order valence-corrected chi connectivity index (χ0v) is 18.6. The van der Waals surface area contributed by atoms with Crippen LogP contribution < -0.4 is 15.0 Å². The number of rotatable bonds is 5. The van der Waals surface area contributed by atoms with Crippen molar-refractivity contribution in [2.45, 2.75) is 58.9 Å². The van der Waals surface area contributed by atoms with Gasteiger partial charge in [-0.2, -0.15) is 0 Å². The Labute approximate surface area is 177 Å². The number of nitrogens with one attached hydrogen (secondary N) is 1. The number of piperidine rings is 1. The Kier molecular flexibility index (Phi) is 6.28. The summed E-state index contributed by atoms with van der Waals surface area (Å²) < 4.78 is 6.76. The van der Waals surface area contributed by atoms with E-state index in [4.69, 9.17) is 9.72 Å². The first kappa shape index (κ1) is 20.5. The first-order chi connectivity index (χ1) is 14.0. The van der Waals surface area contributed by atoms with Crippen LogP contribution in [0.4, 0.5) is 5.13 Å². The highest BCUT2D eigenvalue weighted by Crippen LogP contribution is 2.34. The summed E-state index contributed by atoms with van der Waals surface area (Å²) in [4.78, 5) is 20.1. The van der Waals surface area contributed by atoms with Crippen LogP contribution in [0.2, 0.25) is 0 Å².